The maximum absolute atomic E-state index is 12.6. The molecular formula is C16H14N2O3S2. The Morgan fingerprint density at radius 2 is 2.13 bits per heavy atom. The first-order chi connectivity index (χ1) is 11.1. The molecule has 1 N–H and O–H groups in total. The molecule has 3 rings (SSSR count). The Kier molecular flexibility index (Phi) is 4.49. The lowest BCUT2D eigenvalue weighted by molar-refractivity contribution is -0.114. The number of aromatic nitrogens is 1. The molecule has 7 heteroatoms. The van der Waals surface area contributed by atoms with Gasteiger partial charge in [-0.15, -0.1) is 11.3 Å². The zero-order chi connectivity index (χ0) is 16.4. The van der Waals surface area contributed by atoms with E-state index in [1.807, 2.05) is 17.5 Å². The molecular weight excluding hydrogens is 332 g/mol. The molecule has 1 aromatic carbocycles. The average molecular weight is 346 g/mol. The van der Waals surface area contributed by atoms with E-state index in [0.717, 1.165) is 5.56 Å². The largest absolute Gasteiger partial charge is 0.497 e. The van der Waals surface area contributed by atoms with E-state index in [1.54, 1.807) is 32.6 Å². The SMILES string of the molecule is COc1ccc(/C=C2\SC(=N)[C@H](c3nccs3)C2=O)c(OC)c1. The molecule has 0 unspecified atom stereocenters. The molecule has 1 fully saturated rings. The van der Waals surface area contributed by atoms with Gasteiger partial charge in [0.1, 0.15) is 22.4 Å². The number of rotatable bonds is 4. The fourth-order valence-corrected chi connectivity index (χ4v) is 4.07. The highest BCUT2D eigenvalue weighted by atomic mass is 32.2. The van der Waals surface area contributed by atoms with Gasteiger partial charge in [-0.05, 0) is 18.2 Å². The molecule has 0 saturated carbocycles. The van der Waals surface area contributed by atoms with Gasteiger partial charge in [0, 0.05) is 23.2 Å². The molecule has 0 radical (unpaired) electrons. The first-order valence-electron chi connectivity index (χ1n) is 6.77. The summed E-state index contributed by atoms with van der Waals surface area (Å²) in [7, 11) is 3.16. The number of hydrogen-bond donors (Lipinski definition) is 1. The number of nitrogens with one attached hydrogen (secondary N) is 1. The van der Waals surface area contributed by atoms with Crippen LogP contribution in [0.1, 0.15) is 16.5 Å². The average Bonchev–Trinajstić information content (AvgIpc) is 3.16. The molecule has 118 valence electrons. The minimum atomic E-state index is -0.574. The van der Waals surface area contributed by atoms with Crippen molar-refractivity contribution in [3.8, 4) is 11.5 Å². The highest BCUT2D eigenvalue weighted by Gasteiger charge is 2.38. The smallest absolute Gasteiger partial charge is 0.186 e. The standard InChI is InChI=1S/C16H14N2O3S2/c1-20-10-4-3-9(11(8-10)21-2)7-12-14(19)13(15(17)23-12)16-18-5-6-22-16/h3-8,13,17H,1-2H3/b12-7-,17-15?/t13-/m1/s1. The third-order valence-electron chi connectivity index (χ3n) is 3.41. The van der Waals surface area contributed by atoms with E-state index in [4.69, 9.17) is 14.9 Å². The summed E-state index contributed by atoms with van der Waals surface area (Å²) >= 11 is 2.57. The van der Waals surface area contributed by atoms with Gasteiger partial charge in [-0.25, -0.2) is 4.98 Å². The van der Waals surface area contributed by atoms with Gasteiger partial charge in [-0.2, -0.15) is 0 Å². The summed E-state index contributed by atoms with van der Waals surface area (Å²) in [5, 5.41) is 10.9. The lowest BCUT2D eigenvalue weighted by Gasteiger charge is -2.08. The maximum atomic E-state index is 12.6. The summed E-state index contributed by atoms with van der Waals surface area (Å²) in [5.74, 6) is 0.639. The number of allylic oxidation sites excluding steroid dienone is 1. The summed E-state index contributed by atoms with van der Waals surface area (Å²) in [6, 6.07) is 5.40. The number of ketones is 1. The second kappa shape index (κ2) is 6.55. The number of ether oxygens (including phenoxy) is 2. The molecule has 0 amide bonds. The normalized spacial score (nSPS) is 19.4. The van der Waals surface area contributed by atoms with Crippen LogP contribution in [0.25, 0.3) is 6.08 Å². The van der Waals surface area contributed by atoms with Crippen LogP contribution in [0.5, 0.6) is 11.5 Å². The van der Waals surface area contributed by atoms with Gasteiger partial charge >= 0.3 is 0 Å². The van der Waals surface area contributed by atoms with Crippen LogP contribution in [-0.4, -0.2) is 30.0 Å². The molecule has 1 aromatic heterocycles. The summed E-state index contributed by atoms with van der Waals surface area (Å²) in [5.41, 5.74) is 0.775. The number of Topliss-reactive ketones (excluding diaryl/α,β-unsaturated/α-hetero) is 1. The number of nitrogens with zero attached hydrogens (tertiary/aromatic N) is 1. The lowest BCUT2D eigenvalue weighted by atomic mass is 10.0. The van der Waals surface area contributed by atoms with Gasteiger partial charge < -0.3 is 9.47 Å². The highest BCUT2D eigenvalue weighted by molar-refractivity contribution is 8.19. The lowest BCUT2D eigenvalue weighted by Crippen LogP contribution is -2.11. The van der Waals surface area contributed by atoms with Gasteiger partial charge in [-0.3, -0.25) is 10.2 Å². The van der Waals surface area contributed by atoms with Gasteiger partial charge in [0.2, 0.25) is 0 Å². The maximum Gasteiger partial charge on any atom is 0.186 e. The third kappa shape index (κ3) is 3.02. The first kappa shape index (κ1) is 15.8. The van der Waals surface area contributed by atoms with Crippen molar-refractivity contribution in [1.82, 2.24) is 4.98 Å². The molecule has 1 aliphatic heterocycles. The van der Waals surface area contributed by atoms with Gasteiger partial charge in [0.05, 0.1) is 24.2 Å². The van der Waals surface area contributed by atoms with Crippen LogP contribution >= 0.6 is 23.1 Å². The number of methoxy groups -OCH3 is 2. The van der Waals surface area contributed by atoms with Crippen LogP contribution < -0.4 is 9.47 Å². The molecule has 1 atom stereocenters. The first-order valence-corrected chi connectivity index (χ1v) is 8.47. The van der Waals surface area contributed by atoms with E-state index in [1.165, 1.54) is 23.1 Å². The third-order valence-corrected chi connectivity index (χ3v) is 5.25. The Morgan fingerprint density at radius 3 is 2.78 bits per heavy atom. The van der Waals surface area contributed by atoms with E-state index in [2.05, 4.69) is 4.98 Å². The van der Waals surface area contributed by atoms with Crippen molar-refractivity contribution >= 4 is 40.0 Å². The quantitative estimate of drug-likeness (QED) is 0.857. The molecule has 1 aliphatic rings. The van der Waals surface area contributed by atoms with Crippen molar-refractivity contribution in [1.29, 1.82) is 5.41 Å². The summed E-state index contributed by atoms with van der Waals surface area (Å²) < 4.78 is 10.5. The predicted molar refractivity (Wildman–Crippen MR) is 92.7 cm³/mol. The second-order valence-corrected chi connectivity index (χ2v) is 6.76. The number of carbonyl (C=O) groups is 1. The van der Waals surface area contributed by atoms with Crippen molar-refractivity contribution in [2.75, 3.05) is 14.2 Å². The minimum absolute atomic E-state index is 0.0900. The second-order valence-electron chi connectivity index (χ2n) is 4.75. The summed E-state index contributed by atoms with van der Waals surface area (Å²) in [6.45, 7) is 0. The van der Waals surface area contributed by atoms with E-state index >= 15 is 0 Å². The summed E-state index contributed by atoms with van der Waals surface area (Å²) in [6.07, 6.45) is 3.41. The van der Waals surface area contributed by atoms with Crippen LogP contribution in [-0.2, 0) is 4.79 Å². The zero-order valence-corrected chi connectivity index (χ0v) is 14.2. The van der Waals surface area contributed by atoms with Crippen molar-refractivity contribution in [3.63, 3.8) is 0 Å². The van der Waals surface area contributed by atoms with Crippen molar-refractivity contribution < 1.29 is 14.3 Å². The molecule has 2 heterocycles. The Bertz CT molecular complexity index is 785. The van der Waals surface area contributed by atoms with E-state index < -0.39 is 5.92 Å². The van der Waals surface area contributed by atoms with Crippen LogP contribution in [0.15, 0.2) is 34.7 Å². The number of thioether (sulfide) groups is 1. The van der Waals surface area contributed by atoms with Crippen LogP contribution in [0, 0.1) is 5.41 Å². The van der Waals surface area contributed by atoms with E-state index in [9.17, 15) is 4.79 Å². The predicted octanol–water partition coefficient (Wildman–Crippen LogP) is 3.58. The Labute approximate surface area is 141 Å². The molecule has 2 aromatic rings. The number of thiazole rings is 1. The van der Waals surface area contributed by atoms with Gasteiger partial charge in [0.25, 0.3) is 0 Å². The molecule has 0 aliphatic carbocycles. The van der Waals surface area contributed by atoms with E-state index in [-0.39, 0.29) is 5.78 Å². The number of hydrogen-bond acceptors (Lipinski definition) is 7. The zero-order valence-electron chi connectivity index (χ0n) is 12.5. The number of benzene rings is 1. The monoisotopic (exact) mass is 346 g/mol. The molecule has 0 spiro atoms. The van der Waals surface area contributed by atoms with Crippen LogP contribution in [0.3, 0.4) is 0 Å². The molecule has 0 bridgehead atoms. The Hall–Kier alpha value is -2.12. The van der Waals surface area contributed by atoms with Crippen molar-refractivity contribution in [2.45, 2.75) is 5.92 Å². The van der Waals surface area contributed by atoms with Crippen LogP contribution in [0.4, 0.5) is 0 Å². The Morgan fingerprint density at radius 1 is 1.30 bits per heavy atom. The van der Waals surface area contributed by atoms with Crippen LogP contribution in [0.2, 0.25) is 0 Å². The number of carbonyl (C=O) groups excluding carboxylic acids is 1. The fraction of sp³-hybridized carbons (Fsp3) is 0.188. The van der Waals surface area contributed by atoms with E-state index in [0.29, 0.717) is 26.5 Å². The fourth-order valence-electron chi connectivity index (χ4n) is 2.27. The van der Waals surface area contributed by atoms with Gasteiger partial charge in [0.15, 0.2) is 5.78 Å². The highest BCUT2D eigenvalue weighted by Crippen LogP contribution is 2.42. The topological polar surface area (TPSA) is 72.3 Å². The molecule has 5 nitrogen and oxygen atoms in total. The van der Waals surface area contributed by atoms with Crippen molar-refractivity contribution in [2.24, 2.45) is 0 Å². The molecule has 23 heavy (non-hydrogen) atoms. The van der Waals surface area contributed by atoms with Gasteiger partial charge in [-0.1, -0.05) is 11.8 Å². The van der Waals surface area contributed by atoms with Crippen molar-refractivity contribution in [3.05, 3.63) is 45.3 Å². The minimum Gasteiger partial charge on any atom is -0.497 e. The summed E-state index contributed by atoms with van der Waals surface area (Å²) in [4.78, 5) is 17.3. The molecule has 1 saturated heterocycles. The Balaban J connectivity index is 1.95.